The predicted octanol–water partition coefficient (Wildman–Crippen LogP) is 1.98. The Morgan fingerprint density at radius 2 is 1.77 bits per heavy atom. The first-order chi connectivity index (χ1) is 12.1. The zero-order valence-electron chi connectivity index (χ0n) is 17.3. The van der Waals surface area contributed by atoms with Crippen molar-refractivity contribution in [2.75, 3.05) is 59.0 Å². The number of hydrogen-bond donors (Lipinski definition) is 3. The molecule has 1 saturated heterocycles. The van der Waals surface area contributed by atoms with Crippen molar-refractivity contribution in [1.82, 2.24) is 20.4 Å². The highest BCUT2D eigenvalue weighted by Crippen LogP contribution is 2.11. The van der Waals surface area contributed by atoms with Crippen LogP contribution in [-0.2, 0) is 0 Å². The van der Waals surface area contributed by atoms with Gasteiger partial charge in [-0.25, -0.2) is 0 Å². The van der Waals surface area contributed by atoms with Gasteiger partial charge in [-0.1, -0.05) is 20.3 Å². The van der Waals surface area contributed by atoms with Crippen LogP contribution >= 0.6 is 24.0 Å². The van der Waals surface area contributed by atoms with Gasteiger partial charge in [-0.2, -0.15) is 0 Å². The van der Waals surface area contributed by atoms with Gasteiger partial charge in [0, 0.05) is 58.5 Å². The van der Waals surface area contributed by atoms with Crippen LogP contribution in [0.25, 0.3) is 0 Å². The molecule has 0 aliphatic carbocycles. The number of piperazine rings is 1. The van der Waals surface area contributed by atoms with Gasteiger partial charge in [0.25, 0.3) is 0 Å². The molecule has 3 N–H and O–H groups in total. The summed E-state index contributed by atoms with van der Waals surface area (Å²) in [4.78, 5) is 9.82. The van der Waals surface area contributed by atoms with Crippen LogP contribution in [0, 0.1) is 5.92 Å². The first-order valence-electron chi connectivity index (χ1n) is 10.2. The summed E-state index contributed by atoms with van der Waals surface area (Å²) < 4.78 is 0. The van der Waals surface area contributed by atoms with E-state index in [2.05, 4.69) is 48.1 Å². The average Bonchev–Trinajstić information content (AvgIpc) is 2.64. The lowest BCUT2D eigenvalue weighted by molar-refractivity contribution is 0.107. The third-order valence-corrected chi connectivity index (χ3v) is 5.13. The van der Waals surface area contributed by atoms with E-state index in [0.29, 0.717) is 12.0 Å². The predicted molar refractivity (Wildman–Crippen MR) is 123 cm³/mol. The standard InChI is InChI=1S/C19H41N5O.HI/c1-5-8-18(9-14-25)16-22-19(20-6-2)21-15-17(4)24-12-10-23(7-3)11-13-24;/h17-18,25H,5-16H2,1-4H3,(H2,20,21,22);1H. The second-order valence-electron chi connectivity index (χ2n) is 7.09. The number of aliphatic hydroxyl groups excluding tert-OH is 1. The number of halogens is 1. The summed E-state index contributed by atoms with van der Waals surface area (Å²) in [6, 6.07) is 0.506. The molecule has 26 heavy (non-hydrogen) atoms. The Bertz CT molecular complexity index is 356. The molecule has 0 spiro atoms. The van der Waals surface area contributed by atoms with Crippen LogP contribution in [-0.4, -0.2) is 85.9 Å². The van der Waals surface area contributed by atoms with Crippen molar-refractivity contribution in [2.24, 2.45) is 10.9 Å². The summed E-state index contributed by atoms with van der Waals surface area (Å²) in [6.45, 7) is 17.5. The SMILES string of the molecule is CCCC(CCO)CN=C(NCC)NCC(C)N1CCN(CC)CC1.I. The largest absolute Gasteiger partial charge is 0.396 e. The van der Waals surface area contributed by atoms with E-state index in [-0.39, 0.29) is 30.6 Å². The lowest BCUT2D eigenvalue weighted by Gasteiger charge is -2.37. The second-order valence-corrected chi connectivity index (χ2v) is 7.09. The molecule has 6 nitrogen and oxygen atoms in total. The molecular formula is C19H42IN5O. The number of rotatable bonds is 11. The van der Waals surface area contributed by atoms with Gasteiger partial charge in [-0.15, -0.1) is 24.0 Å². The van der Waals surface area contributed by atoms with E-state index in [1.165, 1.54) is 13.1 Å². The van der Waals surface area contributed by atoms with E-state index in [1.807, 2.05) is 0 Å². The molecule has 1 heterocycles. The normalized spacial score (nSPS) is 18.9. The number of likely N-dealkylation sites (N-methyl/N-ethyl adjacent to an activating group) is 1. The van der Waals surface area contributed by atoms with Crippen molar-refractivity contribution in [3.05, 3.63) is 0 Å². The minimum absolute atomic E-state index is 0. The smallest absolute Gasteiger partial charge is 0.191 e. The molecule has 0 bridgehead atoms. The summed E-state index contributed by atoms with van der Waals surface area (Å²) in [5, 5.41) is 16.1. The Morgan fingerprint density at radius 3 is 2.31 bits per heavy atom. The van der Waals surface area contributed by atoms with E-state index in [4.69, 9.17) is 4.99 Å². The zero-order valence-corrected chi connectivity index (χ0v) is 19.7. The van der Waals surface area contributed by atoms with Crippen LogP contribution in [0.2, 0.25) is 0 Å². The molecule has 0 radical (unpaired) electrons. The van der Waals surface area contributed by atoms with Crippen LogP contribution in [0.5, 0.6) is 0 Å². The van der Waals surface area contributed by atoms with E-state index >= 15 is 0 Å². The number of guanidine groups is 1. The van der Waals surface area contributed by atoms with Gasteiger partial charge in [0.15, 0.2) is 5.96 Å². The van der Waals surface area contributed by atoms with Gasteiger partial charge in [0.2, 0.25) is 0 Å². The van der Waals surface area contributed by atoms with Crippen molar-refractivity contribution >= 4 is 29.9 Å². The molecule has 1 rings (SSSR count). The fourth-order valence-corrected chi connectivity index (χ4v) is 3.37. The summed E-state index contributed by atoms with van der Waals surface area (Å²) in [6.07, 6.45) is 3.11. The fourth-order valence-electron chi connectivity index (χ4n) is 3.37. The Labute approximate surface area is 178 Å². The summed E-state index contributed by atoms with van der Waals surface area (Å²) in [5.41, 5.74) is 0. The molecule has 2 unspecified atom stereocenters. The molecule has 0 aromatic rings. The highest BCUT2D eigenvalue weighted by molar-refractivity contribution is 14.0. The Morgan fingerprint density at radius 1 is 1.08 bits per heavy atom. The van der Waals surface area contributed by atoms with Crippen molar-refractivity contribution in [1.29, 1.82) is 0 Å². The molecule has 0 amide bonds. The number of aliphatic imine (C=N–C) groups is 1. The van der Waals surface area contributed by atoms with Crippen molar-refractivity contribution < 1.29 is 5.11 Å². The summed E-state index contributed by atoms with van der Waals surface area (Å²) in [7, 11) is 0. The maximum atomic E-state index is 9.20. The minimum atomic E-state index is 0. The lowest BCUT2D eigenvalue weighted by Crippen LogP contribution is -2.53. The van der Waals surface area contributed by atoms with Gasteiger partial charge in [0.1, 0.15) is 0 Å². The highest BCUT2D eigenvalue weighted by Gasteiger charge is 2.20. The summed E-state index contributed by atoms with van der Waals surface area (Å²) >= 11 is 0. The minimum Gasteiger partial charge on any atom is -0.396 e. The lowest BCUT2D eigenvalue weighted by atomic mass is 10.0. The van der Waals surface area contributed by atoms with Gasteiger partial charge in [0.05, 0.1) is 0 Å². The number of nitrogens with zero attached hydrogens (tertiary/aromatic N) is 3. The van der Waals surface area contributed by atoms with E-state index in [0.717, 1.165) is 64.5 Å². The third-order valence-electron chi connectivity index (χ3n) is 5.13. The number of hydrogen-bond acceptors (Lipinski definition) is 4. The fraction of sp³-hybridized carbons (Fsp3) is 0.947. The Balaban J connectivity index is 0.00000625. The molecular weight excluding hydrogens is 441 g/mol. The first kappa shape index (κ1) is 25.9. The van der Waals surface area contributed by atoms with Gasteiger partial charge in [-0.05, 0) is 39.2 Å². The molecule has 0 aromatic heterocycles. The van der Waals surface area contributed by atoms with Gasteiger partial charge < -0.3 is 20.6 Å². The van der Waals surface area contributed by atoms with Crippen LogP contribution in [0.1, 0.15) is 47.0 Å². The topological polar surface area (TPSA) is 63.1 Å². The quantitative estimate of drug-likeness (QED) is 0.238. The number of nitrogens with one attached hydrogen (secondary N) is 2. The molecule has 156 valence electrons. The van der Waals surface area contributed by atoms with E-state index in [9.17, 15) is 5.11 Å². The van der Waals surface area contributed by atoms with Crippen molar-refractivity contribution in [2.45, 2.75) is 53.0 Å². The Hall–Kier alpha value is -0.120. The first-order valence-corrected chi connectivity index (χ1v) is 10.2. The van der Waals surface area contributed by atoms with Crippen LogP contribution in [0.4, 0.5) is 0 Å². The molecule has 2 atom stereocenters. The maximum absolute atomic E-state index is 9.20. The molecule has 1 aliphatic rings. The van der Waals surface area contributed by atoms with Crippen molar-refractivity contribution in [3.8, 4) is 0 Å². The summed E-state index contributed by atoms with van der Waals surface area (Å²) in [5.74, 6) is 1.38. The monoisotopic (exact) mass is 483 g/mol. The van der Waals surface area contributed by atoms with Gasteiger partial charge in [-0.3, -0.25) is 9.89 Å². The molecule has 1 aliphatic heterocycles. The van der Waals surface area contributed by atoms with E-state index in [1.54, 1.807) is 0 Å². The molecule has 1 fully saturated rings. The maximum Gasteiger partial charge on any atom is 0.191 e. The Kier molecular flexibility index (Phi) is 15.8. The molecule has 0 aromatic carbocycles. The zero-order chi connectivity index (χ0) is 18.5. The number of aliphatic hydroxyl groups is 1. The second kappa shape index (κ2) is 15.9. The third kappa shape index (κ3) is 10.3. The van der Waals surface area contributed by atoms with Gasteiger partial charge >= 0.3 is 0 Å². The van der Waals surface area contributed by atoms with Crippen molar-refractivity contribution in [3.63, 3.8) is 0 Å². The molecule has 0 saturated carbocycles. The van der Waals surface area contributed by atoms with Crippen LogP contribution < -0.4 is 10.6 Å². The molecule has 7 heteroatoms. The van der Waals surface area contributed by atoms with Crippen LogP contribution in [0.3, 0.4) is 0 Å². The van der Waals surface area contributed by atoms with Crippen LogP contribution in [0.15, 0.2) is 4.99 Å². The van der Waals surface area contributed by atoms with E-state index < -0.39 is 0 Å². The average molecular weight is 483 g/mol. The highest BCUT2D eigenvalue weighted by atomic mass is 127.